The van der Waals surface area contributed by atoms with Gasteiger partial charge in [0.2, 0.25) is 5.91 Å². The van der Waals surface area contributed by atoms with Gasteiger partial charge in [0.25, 0.3) is 0 Å². The maximum atomic E-state index is 12.8. The molecule has 0 bridgehead atoms. The molecule has 3 amide bonds. The number of amides is 3. The summed E-state index contributed by atoms with van der Waals surface area (Å²) in [6.07, 6.45) is -4.55. The molecule has 1 rings (SSSR count). The van der Waals surface area contributed by atoms with Gasteiger partial charge in [0.1, 0.15) is 6.04 Å². The number of nitrogens with one attached hydrogen (secondary N) is 2. The zero-order valence-corrected chi connectivity index (χ0v) is 13.4. The van der Waals surface area contributed by atoms with E-state index in [1.54, 1.807) is 13.8 Å². The minimum atomic E-state index is -4.55. The van der Waals surface area contributed by atoms with E-state index in [4.69, 9.17) is 5.73 Å². The first kappa shape index (κ1) is 18.3. The standard InChI is InChI=1S/C13H15BrF3N3O2/c1-6(2)10(20-12(18)22)11(21)19-7-3-4-9(14)8(5-7)13(15,16)17/h3-6,10H,1-2H3,(H,19,21)(H3,18,20,22). The lowest BCUT2D eigenvalue weighted by Gasteiger charge is -2.21. The van der Waals surface area contributed by atoms with Gasteiger partial charge in [-0.25, -0.2) is 4.79 Å². The summed E-state index contributed by atoms with van der Waals surface area (Å²) in [6.45, 7) is 3.34. The van der Waals surface area contributed by atoms with E-state index in [1.165, 1.54) is 12.1 Å². The lowest BCUT2D eigenvalue weighted by Crippen LogP contribution is -2.49. The van der Waals surface area contributed by atoms with Crippen molar-refractivity contribution in [2.24, 2.45) is 11.7 Å². The zero-order valence-electron chi connectivity index (χ0n) is 11.8. The van der Waals surface area contributed by atoms with Crippen molar-refractivity contribution in [3.05, 3.63) is 28.2 Å². The fourth-order valence-corrected chi connectivity index (χ4v) is 2.20. The first-order valence-electron chi connectivity index (χ1n) is 6.26. The predicted molar refractivity (Wildman–Crippen MR) is 79.1 cm³/mol. The van der Waals surface area contributed by atoms with E-state index in [0.717, 1.165) is 6.07 Å². The van der Waals surface area contributed by atoms with Crippen molar-refractivity contribution in [1.82, 2.24) is 5.32 Å². The van der Waals surface area contributed by atoms with Gasteiger partial charge in [-0.2, -0.15) is 13.2 Å². The molecule has 1 atom stereocenters. The van der Waals surface area contributed by atoms with E-state index >= 15 is 0 Å². The van der Waals surface area contributed by atoms with Crippen LogP contribution in [0.3, 0.4) is 0 Å². The smallest absolute Gasteiger partial charge is 0.352 e. The molecule has 22 heavy (non-hydrogen) atoms. The summed E-state index contributed by atoms with van der Waals surface area (Å²) < 4.78 is 38.3. The highest BCUT2D eigenvalue weighted by Crippen LogP contribution is 2.36. The van der Waals surface area contributed by atoms with Crippen molar-refractivity contribution >= 4 is 33.6 Å². The Morgan fingerprint density at radius 1 is 1.27 bits per heavy atom. The monoisotopic (exact) mass is 381 g/mol. The summed E-state index contributed by atoms with van der Waals surface area (Å²) in [5, 5.41) is 4.59. The van der Waals surface area contributed by atoms with Gasteiger partial charge in [0.15, 0.2) is 0 Å². The molecule has 0 fully saturated rings. The van der Waals surface area contributed by atoms with Crippen LogP contribution in [0.4, 0.5) is 23.7 Å². The number of carbonyl (C=O) groups is 2. The molecule has 0 aliphatic heterocycles. The number of anilines is 1. The van der Waals surface area contributed by atoms with Gasteiger partial charge < -0.3 is 16.4 Å². The summed E-state index contributed by atoms with van der Waals surface area (Å²) in [7, 11) is 0. The summed E-state index contributed by atoms with van der Waals surface area (Å²) in [6, 6.07) is 1.48. The Balaban J connectivity index is 2.99. The van der Waals surface area contributed by atoms with Crippen LogP contribution in [-0.2, 0) is 11.0 Å². The summed E-state index contributed by atoms with van der Waals surface area (Å²) in [5.74, 6) is -0.936. The maximum Gasteiger partial charge on any atom is 0.417 e. The van der Waals surface area contributed by atoms with Crippen molar-refractivity contribution in [1.29, 1.82) is 0 Å². The molecule has 0 spiro atoms. The molecule has 0 aliphatic rings. The average molecular weight is 382 g/mol. The first-order valence-corrected chi connectivity index (χ1v) is 7.05. The Hall–Kier alpha value is -1.77. The lowest BCUT2D eigenvalue weighted by molar-refractivity contribution is -0.138. The van der Waals surface area contributed by atoms with Crippen molar-refractivity contribution in [2.45, 2.75) is 26.1 Å². The third-order valence-corrected chi connectivity index (χ3v) is 3.48. The van der Waals surface area contributed by atoms with Crippen LogP contribution < -0.4 is 16.4 Å². The fourth-order valence-electron chi connectivity index (χ4n) is 1.73. The van der Waals surface area contributed by atoms with Gasteiger partial charge in [0, 0.05) is 10.2 Å². The number of carbonyl (C=O) groups excluding carboxylic acids is 2. The van der Waals surface area contributed by atoms with Crippen LogP contribution in [0.2, 0.25) is 0 Å². The molecule has 0 aliphatic carbocycles. The average Bonchev–Trinajstić information content (AvgIpc) is 2.36. The van der Waals surface area contributed by atoms with Gasteiger partial charge in [0.05, 0.1) is 5.56 Å². The lowest BCUT2D eigenvalue weighted by atomic mass is 10.0. The fraction of sp³-hybridized carbons (Fsp3) is 0.385. The Morgan fingerprint density at radius 2 is 1.86 bits per heavy atom. The van der Waals surface area contributed by atoms with Crippen LogP contribution in [0.1, 0.15) is 19.4 Å². The van der Waals surface area contributed by atoms with Gasteiger partial charge >= 0.3 is 12.2 Å². The Labute approximate surface area is 133 Å². The van der Waals surface area contributed by atoms with Crippen LogP contribution in [0.15, 0.2) is 22.7 Å². The predicted octanol–water partition coefficient (Wildman–Crippen LogP) is 3.10. The number of nitrogens with two attached hydrogens (primary N) is 1. The summed E-state index contributed by atoms with van der Waals surface area (Å²) in [5.41, 5.74) is 4.04. The highest BCUT2D eigenvalue weighted by Gasteiger charge is 2.33. The van der Waals surface area contributed by atoms with Crippen LogP contribution in [0, 0.1) is 5.92 Å². The Morgan fingerprint density at radius 3 is 2.32 bits per heavy atom. The molecule has 0 saturated heterocycles. The van der Waals surface area contributed by atoms with Crippen molar-refractivity contribution < 1.29 is 22.8 Å². The van der Waals surface area contributed by atoms with E-state index in [9.17, 15) is 22.8 Å². The Bertz CT molecular complexity index is 576. The quantitative estimate of drug-likeness (QED) is 0.748. The molecule has 0 radical (unpaired) electrons. The van der Waals surface area contributed by atoms with E-state index in [-0.39, 0.29) is 16.1 Å². The molecule has 1 aromatic rings. The minimum absolute atomic E-state index is 0.0301. The van der Waals surface area contributed by atoms with E-state index in [0.29, 0.717) is 0 Å². The van der Waals surface area contributed by atoms with Crippen molar-refractivity contribution in [3.63, 3.8) is 0 Å². The van der Waals surface area contributed by atoms with E-state index in [1.807, 2.05) is 0 Å². The van der Waals surface area contributed by atoms with Gasteiger partial charge in [-0.15, -0.1) is 0 Å². The van der Waals surface area contributed by atoms with Gasteiger partial charge in [-0.05, 0) is 24.1 Å². The second-order valence-electron chi connectivity index (χ2n) is 4.91. The SMILES string of the molecule is CC(C)C(NC(N)=O)C(=O)Nc1ccc(Br)c(C(F)(F)F)c1. The molecule has 5 nitrogen and oxygen atoms in total. The second-order valence-corrected chi connectivity index (χ2v) is 5.77. The largest absolute Gasteiger partial charge is 0.417 e. The molecule has 4 N–H and O–H groups in total. The minimum Gasteiger partial charge on any atom is -0.352 e. The third-order valence-electron chi connectivity index (χ3n) is 2.79. The molecule has 9 heteroatoms. The van der Waals surface area contributed by atoms with Gasteiger partial charge in [-0.3, -0.25) is 4.79 Å². The molecule has 122 valence electrons. The second kappa shape index (κ2) is 6.99. The normalized spacial score (nSPS) is 12.9. The highest BCUT2D eigenvalue weighted by molar-refractivity contribution is 9.10. The number of primary amides is 1. The number of alkyl halides is 3. The molecular formula is C13H15BrF3N3O2. The number of hydrogen-bond donors (Lipinski definition) is 3. The highest BCUT2D eigenvalue weighted by atomic mass is 79.9. The van der Waals surface area contributed by atoms with Gasteiger partial charge in [-0.1, -0.05) is 29.8 Å². The summed E-state index contributed by atoms with van der Waals surface area (Å²) in [4.78, 5) is 22.9. The molecule has 1 unspecified atom stereocenters. The third kappa shape index (κ3) is 4.90. The number of hydrogen-bond acceptors (Lipinski definition) is 2. The van der Waals surface area contributed by atoms with Crippen LogP contribution in [0.5, 0.6) is 0 Å². The van der Waals surface area contributed by atoms with Crippen LogP contribution in [-0.4, -0.2) is 18.0 Å². The zero-order chi connectivity index (χ0) is 17.1. The van der Waals surface area contributed by atoms with E-state index in [2.05, 4.69) is 26.6 Å². The van der Waals surface area contributed by atoms with E-state index < -0.39 is 29.7 Å². The number of rotatable bonds is 4. The van der Waals surface area contributed by atoms with Crippen molar-refractivity contribution in [3.8, 4) is 0 Å². The molecule has 0 saturated carbocycles. The molecule has 0 heterocycles. The Kier molecular flexibility index (Phi) is 5.81. The maximum absolute atomic E-state index is 12.8. The molecule has 1 aromatic carbocycles. The van der Waals surface area contributed by atoms with Crippen LogP contribution >= 0.6 is 15.9 Å². The number of urea groups is 1. The topological polar surface area (TPSA) is 84.2 Å². The number of benzene rings is 1. The molecular weight excluding hydrogens is 367 g/mol. The van der Waals surface area contributed by atoms with Crippen molar-refractivity contribution in [2.75, 3.05) is 5.32 Å². The molecule has 0 aromatic heterocycles. The summed E-state index contributed by atoms with van der Waals surface area (Å²) >= 11 is 2.81. The first-order chi connectivity index (χ1) is 10.0. The van der Waals surface area contributed by atoms with Crippen LogP contribution in [0.25, 0.3) is 0 Å². The number of halogens is 4.